The van der Waals surface area contributed by atoms with E-state index in [0.29, 0.717) is 27.8 Å². The van der Waals surface area contributed by atoms with E-state index in [9.17, 15) is 9.59 Å². The van der Waals surface area contributed by atoms with E-state index >= 15 is 0 Å². The molecule has 8 heteroatoms. The topological polar surface area (TPSA) is 71.1 Å². The number of amides is 2. The monoisotopic (exact) mass is 431 g/mol. The highest BCUT2D eigenvalue weighted by Gasteiger charge is 2.19. The number of hydrogen-bond donors (Lipinski definition) is 2. The second-order valence-electron chi connectivity index (χ2n) is 5.83. The first-order valence-electron chi connectivity index (χ1n) is 8.59. The number of anilines is 2. The molecule has 0 fully saturated rings. The highest BCUT2D eigenvalue weighted by molar-refractivity contribution is 8.00. The fourth-order valence-corrected chi connectivity index (χ4v) is 4.17. The van der Waals surface area contributed by atoms with Crippen LogP contribution in [0.1, 0.15) is 23.7 Å². The lowest BCUT2D eigenvalue weighted by molar-refractivity contribution is -0.115. The van der Waals surface area contributed by atoms with Crippen LogP contribution in [0.2, 0.25) is 5.02 Å². The zero-order valence-corrected chi connectivity index (χ0v) is 17.4. The van der Waals surface area contributed by atoms with Gasteiger partial charge in [-0.25, -0.2) is 4.98 Å². The minimum atomic E-state index is -0.261. The van der Waals surface area contributed by atoms with E-state index in [1.807, 2.05) is 36.6 Å². The molecular formula is C20H18ClN3O2S2. The van der Waals surface area contributed by atoms with Crippen molar-refractivity contribution in [2.45, 2.75) is 23.5 Å². The van der Waals surface area contributed by atoms with Gasteiger partial charge in [0, 0.05) is 32.7 Å². The molecule has 3 aromatic rings. The molecule has 0 aliphatic heterocycles. The van der Waals surface area contributed by atoms with E-state index in [1.165, 1.54) is 23.1 Å². The fraction of sp³-hybridized carbons (Fsp3) is 0.150. The number of nitrogens with zero attached hydrogens (tertiary/aromatic N) is 1. The van der Waals surface area contributed by atoms with Gasteiger partial charge in [0.25, 0.3) is 5.91 Å². The number of thiazole rings is 1. The second-order valence-corrected chi connectivity index (χ2v) is 8.44. The Kier molecular flexibility index (Phi) is 7.08. The van der Waals surface area contributed by atoms with E-state index in [0.717, 1.165) is 4.90 Å². The molecule has 1 heterocycles. The molecule has 2 N–H and O–H groups in total. The van der Waals surface area contributed by atoms with Crippen molar-refractivity contribution < 1.29 is 9.59 Å². The molecule has 0 saturated carbocycles. The lowest BCUT2D eigenvalue weighted by Crippen LogP contribution is -2.24. The zero-order chi connectivity index (χ0) is 19.9. The van der Waals surface area contributed by atoms with Crippen molar-refractivity contribution in [3.05, 3.63) is 70.7 Å². The van der Waals surface area contributed by atoms with E-state index in [2.05, 4.69) is 15.6 Å². The van der Waals surface area contributed by atoms with Gasteiger partial charge >= 0.3 is 0 Å². The SMILES string of the molecule is CCC(Sc1cccc(NC(=O)c2cccc(Cl)c2)c1)C(=O)Nc1nccs1. The van der Waals surface area contributed by atoms with Crippen LogP contribution in [0.5, 0.6) is 0 Å². The standard InChI is InChI=1S/C20H18ClN3O2S2/c1-2-17(19(26)24-20-22-9-10-27-20)28-16-8-4-7-15(12-16)23-18(25)13-5-3-6-14(21)11-13/h3-12,17H,2H2,1H3,(H,23,25)(H,22,24,26). The molecule has 5 nitrogen and oxygen atoms in total. The number of thioether (sulfide) groups is 1. The number of aromatic nitrogens is 1. The van der Waals surface area contributed by atoms with E-state index in [4.69, 9.17) is 11.6 Å². The lowest BCUT2D eigenvalue weighted by Gasteiger charge is -2.14. The number of halogens is 1. The van der Waals surface area contributed by atoms with Crippen molar-refractivity contribution >= 4 is 57.3 Å². The first kappa shape index (κ1) is 20.4. The van der Waals surface area contributed by atoms with Crippen LogP contribution in [0.25, 0.3) is 0 Å². The van der Waals surface area contributed by atoms with Gasteiger partial charge in [-0.3, -0.25) is 9.59 Å². The number of carbonyl (C=O) groups excluding carboxylic acids is 2. The fourth-order valence-electron chi connectivity index (χ4n) is 2.44. The average molecular weight is 432 g/mol. The summed E-state index contributed by atoms with van der Waals surface area (Å²) in [5.41, 5.74) is 1.14. The molecule has 0 bridgehead atoms. The molecule has 1 unspecified atom stereocenters. The van der Waals surface area contributed by atoms with Gasteiger partial charge in [-0.15, -0.1) is 23.1 Å². The van der Waals surface area contributed by atoms with Gasteiger partial charge in [-0.05, 0) is 42.8 Å². The highest BCUT2D eigenvalue weighted by Crippen LogP contribution is 2.29. The molecule has 0 radical (unpaired) electrons. The lowest BCUT2D eigenvalue weighted by atomic mass is 10.2. The predicted molar refractivity (Wildman–Crippen MR) is 117 cm³/mol. The third kappa shape index (κ3) is 5.58. The van der Waals surface area contributed by atoms with Crippen LogP contribution in [0.15, 0.2) is 65.0 Å². The van der Waals surface area contributed by atoms with Crippen molar-refractivity contribution in [1.82, 2.24) is 4.98 Å². The van der Waals surface area contributed by atoms with Gasteiger partial charge in [0.05, 0.1) is 5.25 Å². The van der Waals surface area contributed by atoms with E-state index in [-0.39, 0.29) is 17.1 Å². The maximum absolute atomic E-state index is 12.5. The quantitative estimate of drug-likeness (QED) is 0.480. The summed E-state index contributed by atoms with van der Waals surface area (Å²) in [4.78, 5) is 29.8. The number of nitrogens with one attached hydrogen (secondary N) is 2. The molecule has 1 atom stereocenters. The van der Waals surface area contributed by atoms with Crippen molar-refractivity contribution in [2.24, 2.45) is 0 Å². The number of rotatable bonds is 7. The molecule has 28 heavy (non-hydrogen) atoms. The van der Waals surface area contributed by atoms with Gasteiger partial charge in [-0.1, -0.05) is 30.7 Å². The van der Waals surface area contributed by atoms with Gasteiger partial charge in [0.2, 0.25) is 5.91 Å². The van der Waals surface area contributed by atoms with Crippen LogP contribution in [0.3, 0.4) is 0 Å². The summed E-state index contributed by atoms with van der Waals surface area (Å²) in [5.74, 6) is -0.325. The average Bonchev–Trinajstić information content (AvgIpc) is 3.19. The van der Waals surface area contributed by atoms with Gasteiger partial charge in [0.1, 0.15) is 0 Å². The van der Waals surface area contributed by atoms with Crippen LogP contribution in [0.4, 0.5) is 10.8 Å². The summed E-state index contributed by atoms with van der Waals surface area (Å²) < 4.78 is 0. The number of benzene rings is 2. The Labute approximate surface area is 176 Å². The molecule has 3 rings (SSSR count). The second kappa shape index (κ2) is 9.73. The summed E-state index contributed by atoms with van der Waals surface area (Å²) >= 11 is 8.78. The predicted octanol–water partition coefficient (Wildman–Crippen LogP) is 5.56. The molecule has 0 aliphatic carbocycles. The molecule has 1 aromatic heterocycles. The number of hydrogen-bond acceptors (Lipinski definition) is 5. The maximum Gasteiger partial charge on any atom is 0.255 e. The van der Waals surface area contributed by atoms with Crippen molar-refractivity contribution in [1.29, 1.82) is 0 Å². The van der Waals surface area contributed by atoms with E-state index in [1.54, 1.807) is 30.5 Å². The summed E-state index contributed by atoms with van der Waals surface area (Å²) in [6, 6.07) is 14.2. The zero-order valence-electron chi connectivity index (χ0n) is 15.0. The first-order chi connectivity index (χ1) is 13.5. The summed E-state index contributed by atoms with van der Waals surface area (Å²) in [6.45, 7) is 1.96. The Bertz CT molecular complexity index is 964. The molecule has 0 saturated heterocycles. The largest absolute Gasteiger partial charge is 0.322 e. The summed E-state index contributed by atoms with van der Waals surface area (Å²) in [5, 5.41) is 8.35. The molecule has 2 aromatic carbocycles. The van der Waals surface area contributed by atoms with Crippen LogP contribution < -0.4 is 10.6 Å². The van der Waals surface area contributed by atoms with Crippen molar-refractivity contribution in [3.63, 3.8) is 0 Å². The summed E-state index contributed by atoms with van der Waals surface area (Å²) in [6.07, 6.45) is 2.32. The summed E-state index contributed by atoms with van der Waals surface area (Å²) in [7, 11) is 0. The van der Waals surface area contributed by atoms with Crippen molar-refractivity contribution in [3.8, 4) is 0 Å². The van der Waals surface area contributed by atoms with Crippen molar-refractivity contribution in [2.75, 3.05) is 10.6 Å². The minimum absolute atomic E-state index is 0.0872. The van der Waals surface area contributed by atoms with Gasteiger partial charge in [-0.2, -0.15) is 0 Å². The Balaban J connectivity index is 1.66. The molecular weight excluding hydrogens is 414 g/mol. The first-order valence-corrected chi connectivity index (χ1v) is 10.7. The van der Waals surface area contributed by atoms with Crippen LogP contribution in [-0.4, -0.2) is 22.0 Å². The third-order valence-electron chi connectivity index (χ3n) is 3.78. The smallest absolute Gasteiger partial charge is 0.255 e. The molecule has 2 amide bonds. The molecule has 0 spiro atoms. The third-order valence-corrected chi connectivity index (χ3v) is 6.06. The van der Waals surface area contributed by atoms with Crippen LogP contribution in [-0.2, 0) is 4.79 Å². The van der Waals surface area contributed by atoms with Gasteiger partial charge < -0.3 is 10.6 Å². The van der Waals surface area contributed by atoms with Gasteiger partial charge in [0.15, 0.2) is 5.13 Å². The van der Waals surface area contributed by atoms with Crippen LogP contribution >= 0.6 is 34.7 Å². The Morgan fingerprint density at radius 2 is 2.00 bits per heavy atom. The number of carbonyl (C=O) groups is 2. The van der Waals surface area contributed by atoms with E-state index < -0.39 is 0 Å². The minimum Gasteiger partial charge on any atom is -0.322 e. The highest BCUT2D eigenvalue weighted by atomic mass is 35.5. The Morgan fingerprint density at radius 3 is 2.71 bits per heavy atom. The Morgan fingerprint density at radius 1 is 1.18 bits per heavy atom. The maximum atomic E-state index is 12.5. The molecule has 0 aliphatic rings. The normalized spacial score (nSPS) is 11.6. The molecule has 144 valence electrons. The van der Waals surface area contributed by atoms with Crippen LogP contribution in [0, 0.1) is 0 Å². The Hall–Kier alpha value is -2.35.